The van der Waals surface area contributed by atoms with E-state index in [1.165, 1.54) is 19.3 Å². The van der Waals surface area contributed by atoms with Crippen molar-refractivity contribution in [1.82, 2.24) is 0 Å². The Bertz CT molecular complexity index is 118. The molecule has 68 valence electrons. The van der Waals surface area contributed by atoms with Crippen LogP contribution in [-0.2, 0) is 0 Å². The van der Waals surface area contributed by atoms with E-state index in [0.29, 0.717) is 5.41 Å². The van der Waals surface area contributed by atoms with Crippen LogP contribution in [0.1, 0.15) is 33.1 Å². The number of halogens is 1. The van der Waals surface area contributed by atoms with E-state index in [1.807, 2.05) is 0 Å². The van der Waals surface area contributed by atoms with Crippen molar-refractivity contribution in [2.75, 3.05) is 0 Å². The second-order valence-electron chi connectivity index (χ2n) is 4.17. The number of rotatable bonds is 0. The smallest absolute Gasteiger partial charge is 0.358 e. The SMILES string of the molecule is CC1(C)C2[CH-]CCC1C2.Cl.[CH3-].[Mg+2]. The number of hydrogen-bond acceptors (Lipinski definition) is 0. The standard InChI is InChI=1S/C9H15.CH3.ClH.Mg/c1-9(2)7-4-3-5-8(9)6-7;;;/h4,7-8H,3,5-6H2,1-2H3;1H3;1H;/q2*-1;;+2. The molecule has 0 radical (unpaired) electrons. The Balaban J connectivity index is 0. The Morgan fingerprint density at radius 2 is 1.92 bits per heavy atom. The van der Waals surface area contributed by atoms with Gasteiger partial charge in [0.2, 0.25) is 0 Å². The van der Waals surface area contributed by atoms with Crippen LogP contribution in [0.25, 0.3) is 0 Å². The molecule has 3 aliphatic rings. The molecule has 0 heterocycles. The van der Waals surface area contributed by atoms with Gasteiger partial charge in [-0.05, 0) is 5.92 Å². The second-order valence-corrected chi connectivity index (χ2v) is 4.17. The third kappa shape index (κ3) is 2.10. The molecule has 0 saturated heterocycles. The zero-order valence-electron chi connectivity index (χ0n) is 8.47. The summed E-state index contributed by atoms with van der Waals surface area (Å²) in [6.07, 6.45) is 6.87. The molecule has 2 unspecified atom stereocenters. The first-order valence-electron chi connectivity index (χ1n) is 4.04. The van der Waals surface area contributed by atoms with Gasteiger partial charge >= 0.3 is 23.1 Å². The number of hydrogen-bond donors (Lipinski definition) is 0. The summed E-state index contributed by atoms with van der Waals surface area (Å²) < 4.78 is 0. The fourth-order valence-electron chi connectivity index (χ4n) is 2.44. The van der Waals surface area contributed by atoms with Crippen molar-refractivity contribution in [2.45, 2.75) is 33.1 Å². The first kappa shape index (κ1) is 15.5. The average Bonchev–Trinajstić information content (AvgIpc) is 1.89. The van der Waals surface area contributed by atoms with Crippen molar-refractivity contribution in [3.05, 3.63) is 13.8 Å². The van der Waals surface area contributed by atoms with E-state index in [-0.39, 0.29) is 42.9 Å². The first-order chi connectivity index (χ1) is 4.21. The van der Waals surface area contributed by atoms with Crippen LogP contribution in [0.5, 0.6) is 0 Å². The van der Waals surface area contributed by atoms with Crippen molar-refractivity contribution < 1.29 is 0 Å². The molecule has 0 N–H and O–H groups in total. The maximum absolute atomic E-state index is 2.53. The molecule has 0 amide bonds. The van der Waals surface area contributed by atoms with Gasteiger partial charge in [0.1, 0.15) is 0 Å². The van der Waals surface area contributed by atoms with Gasteiger partial charge in [0, 0.05) is 0 Å². The Morgan fingerprint density at radius 3 is 2.08 bits per heavy atom. The third-order valence-corrected chi connectivity index (χ3v) is 3.51. The number of fused-ring (bicyclic) bond motifs is 2. The third-order valence-electron chi connectivity index (χ3n) is 3.51. The largest absolute Gasteiger partial charge is 2.00 e. The molecule has 0 aromatic heterocycles. The zero-order chi connectivity index (χ0) is 6.48. The Morgan fingerprint density at radius 1 is 1.33 bits per heavy atom. The molecule has 3 rings (SSSR count). The molecule has 2 atom stereocenters. The van der Waals surface area contributed by atoms with Gasteiger partial charge < -0.3 is 13.8 Å². The normalized spacial score (nSPS) is 34.5. The summed E-state index contributed by atoms with van der Waals surface area (Å²) in [7, 11) is 0. The van der Waals surface area contributed by atoms with Crippen LogP contribution in [0.2, 0.25) is 0 Å². The van der Waals surface area contributed by atoms with Gasteiger partial charge in [0.05, 0.1) is 0 Å². The fraction of sp³-hybridized carbons (Fsp3) is 0.800. The maximum Gasteiger partial charge on any atom is 2.00 e. The van der Waals surface area contributed by atoms with Crippen molar-refractivity contribution in [3.63, 3.8) is 0 Å². The van der Waals surface area contributed by atoms with Crippen LogP contribution in [0, 0.1) is 31.1 Å². The molecule has 2 heteroatoms. The summed E-state index contributed by atoms with van der Waals surface area (Å²) in [6.45, 7) is 4.84. The summed E-state index contributed by atoms with van der Waals surface area (Å²) in [4.78, 5) is 0. The summed E-state index contributed by atoms with van der Waals surface area (Å²) in [5.41, 5.74) is 0.679. The van der Waals surface area contributed by atoms with Crippen LogP contribution in [-0.4, -0.2) is 23.1 Å². The van der Waals surface area contributed by atoms with Crippen LogP contribution < -0.4 is 0 Å². The average molecular weight is 199 g/mol. The van der Waals surface area contributed by atoms with Gasteiger partial charge in [-0.15, -0.1) is 12.4 Å². The Kier molecular flexibility index (Phi) is 6.55. The molecule has 0 spiro atoms. The molecule has 3 aliphatic carbocycles. The van der Waals surface area contributed by atoms with Crippen molar-refractivity contribution in [2.24, 2.45) is 17.3 Å². The molecular formula is C10H19ClMg. The van der Waals surface area contributed by atoms with E-state index in [2.05, 4.69) is 20.3 Å². The molecule has 3 saturated carbocycles. The maximum atomic E-state index is 2.53. The van der Waals surface area contributed by atoms with E-state index in [4.69, 9.17) is 0 Å². The Labute approximate surface area is 99.4 Å². The van der Waals surface area contributed by atoms with E-state index in [1.54, 1.807) is 0 Å². The predicted octanol–water partition coefficient (Wildman–Crippen LogP) is 3.14. The Hall–Kier alpha value is 1.06. The minimum atomic E-state index is 0. The van der Waals surface area contributed by atoms with E-state index in [9.17, 15) is 0 Å². The topological polar surface area (TPSA) is 0 Å². The summed E-state index contributed by atoms with van der Waals surface area (Å²) in [6, 6.07) is 0. The summed E-state index contributed by atoms with van der Waals surface area (Å²) >= 11 is 0. The molecule has 2 bridgehead atoms. The fourth-order valence-corrected chi connectivity index (χ4v) is 2.44. The molecule has 0 nitrogen and oxygen atoms in total. The minimum Gasteiger partial charge on any atom is -0.358 e. The molecular weight excluding hydrogens is 180 g/mol. The van der Waals surface area contributed by atoms with Crippen LogP contribution in [0.4, 0.5) is 0 Å². The van der Waals surface area contributed by atoms with Crippen molar-refractivity contribution >= 4 is 35.5 Å². The monoisotopic (exact) mass is 198 g/mol. The van der Waals surface area contributed by atoms with E-state index < -0.39 is 0 Å². The quantitative estimate of drug-likeness (QED) is 0.415. The van der Waals surface area contributed by atoms with Crippen LogP contribution >= 0.6 is 12.4 Å². The molecule has 0 aliphatic heterocycles. The van der Waals surface area contributed by atoms with Gasteiger partial charge in [-0.25, -0.2) is 0 Å². The van der Waals surface area contributed by atoms with Crippen molar-refractivity contribution in [1.29, 1.82) is 0 Å². The van der Waals surface area contributed by atoms with Gasteiger partial charge in [-0.1, -0.05) is 32.1 Å². The second kappa shape index (κ2) is 5.07. The molecule has 0 aromatic rings. The summed E-state index contributed by atoms with van der Waals surface area (Å²) in [5, 5.41) is 0. The molecule has 3 fully saturated rings. The minimum absolute atomic E-state index is 0. The van der Waals surface area contributed by atoms with E-state index >= 15 is 0 Å². The zero-order valence-corrected chi connectivity index (χ0v) is 10.7. The van der Waals surface area contributed by atoms with Crippen molar-refractivity contribution in [3.8, 4) is 0 Å². The van der Waals surface area contributed by atoms with Gasteiger partial charge in [0.15, 0.2) is 0 Å². The van der Waals surface area contributed by atoms with E-state index in [0.717, 1.165) is 11.8 Å². The van der Waals surface area contributed by atoms with Crippen LogP contribution in [0.3, 0.4) is 0 Å². The van der Waals surface area contributed by atoms with Gasteiger partial charge in [-0.2, -0.15) is 12.3 Å². The van der Waals surface area contributed by atoms with Gasteiger partial charge in [0.25, 0.3) is 0 Å². The molecule has 0 aromatic carbocycles. The molecule has 12 heavy (non-hydrogen) atoms. The first-order valence-corrected chi connectivity index (χ1v) is 4.04. The summed E-state index contributed by atoms with van der Waals surface area (Å²) in [5.74, 6) is 2.03. The predicted molar refractivity (Wildman–Crippen MR) is 58.3 cm³/mol. The van der Waals surface area contributed by atoms with Crippen LogP contribution in [0.15, 0.2) is 0 Å². The van der Waals surface area contributed by atoms with Gasteiger partial charge in [-0.3, -0.25) is 0 Å².